The van der Waals surface area contributed by atoms with Crippen molar-refractivity contribution in [2.45, 2.75) is 32.7 Å². The van der Waals surface area contributed by atoms with Crippen LogP contribution in [0, 0.1) is 12.7 Å². The average Bonchev–Trinajstić information content (AvgIpc) is 3.24. The largest absolute Gasteiger partial charge is 0.448 e. The van der Waals surface area contributed by atoms with Gasteiger partial charge < -0.3 is 14.3 Å². The molecule has 2 aromatic heterocycles. The lowest BCUT2D eigenvalue weighted by Gasteiger charge is -2.05. The number of fused-ring (bicyclic) bond motifs is 2. The molecule has 24 heavy (non-hydrogen) atoms. The molecule has 4 rings (SSSR count). The van der Waals surface area contributed by atoms with Crippen LogP contribution in [0.25, 0.3) is 11.0 Å². The summed E-state index contributed by atoms with van der Waals surface area (Å²) in [5.41, 5.74) is 0.765. The van der Waals surface area contributed by atoms with Crippen LogP contribution in [0.15, 0.2) is 22.6 Å². The fourth-order valence-corrected chi connectivity index (χ4v) is 3.19. The Morgan fingerprint density at radius 3 is 3.12 bits per heavy atom. The number of rotatable bonds is 4. The molecule has 0 spiro atoms. The third-order valence-corrected chi connectivity index (χ3v) is 4.44. The normalized spacial score (nSPS) is 13.4. The Hall–Kier alpha value is -2.70. The highest BCUT2D eigenvalue weighted by molar-refractivity contribution is 5.98. The first-order chi connectivity index (χ1) is 11.6. The van der Waals surface area contributed by atoms with E-state index in [2.05, 4.69) is 20.1 Å². The summed E-state index contributed by atoms with van der Waals surface area (Å²) in [5, 5.41) is 11.7. The molecule has 1 amide bonds. The van der Waals surface area contributed by atoms with Crippen LogP contribution in [0.3, 0.4) is 0 Å². The van der Waals surface area contributed by atoms with E-state index in [1.165, 1.54) is 6.07 Å². The first-order valence-corrected chi connectivity index (χ1v) is 8.02. The zero-order valence-electron chi connectivity index (χ0n) is 13.3. The Bertz CT molecular complexity index is 928. The Morgan fingerprint density at radius 2 is 2.29 bits per heavy atom. The number of benzene rings is 1. The summed E-state index contributed by atoms with van der Waals surface area (Å²) in [6.07, 6.45) is 2.66. The highest BCUT2D eigenvalue weighted by Gasteiger charge is 2.20. The van der Waals surface area contributed by atoms with Crippen molar-refractivity contribution in [1.29, 1.82) is 0 Å². The molecule has 3 aromatic rings. The lowest BCUT2D eigenvalue weighted by molar-refractivity contribution is 0.0927. The van der Waals surface area contributed by atoms with Crippen molar-refractivity contribution in [3.8, 4) is 0 Å². The third-order valence-electron chi connectivity index (χ3n) is 4.44. The second-order valence-electron chi connectivity index (χ2n) is 5.97. The van der Waals surface area contributed by atoms with E-state index in [0.717, 1.165) is 31.0 Å². The highest BCUT2D eigenvalue weighted by Crippen LogP contribution is 2.27. The summed E-state index contributed by atoms with van der Waals surface area (Å²) in [4.78, 5) is 12.3. The molecule has 124 valence electrons. The molecule has 0 saturated heterocycles. The lowest BCUT2D eigenvalue weighted by atomic mass is 10.1. The molecule has 0 fully saturated rings. The number of amides is 1. The Kier molecular flexibility index (Phi) is 3.55. The van der Waals surface area contributed by atoms with Gasteiger partial charge in [0.15, 0.2) is 17.2 Å². The number of para-hydroxylation sites is 1. The second kappa shape index (κ2) is 5.74. The van der Waals surface area contributed by atoms with E-state index in [1.54, 1.807) is 19.1 Å². The van der Waals surface area contributed by atoms with E-state index in [-0.39, 0.29) is 17.3 Å². The molecule has 0 aliphatic carbocycles. The van der Waals surface area contributed by atoms with Crippen LogP contribution >= 0.6 is 0 Å². The maximum Gasteiger partial charge on any atom is 0.287 e. The molecule has 3 heterocycles. The first kappa shape index (κ1) is 14.9. The van der Waals surface area contributed by atoms with Gasteiger partial charge in [0.2, 0.25) is 0 Å². The van der Waals surface area contributed by atoms with E-state index in [9.17, 15) is 9.18 Å². The molecule has 0 saturated carbocycles. The number of hydrogen-bond donors (Lipinski definition) is 1. The van der Waals surface area contributed by atoms with Crippen LogP contribution in [0.2, 0.25) is 0 Å². The molecule has 0 unspecified atom stereocenters. The van der Waals surface area contributed by atoms with Crippen LogP contribution < -0.4 is 5.32 Å². The van der Waals surface area contributed by atoms with E-state index < -0.39 is 5.82 Å². The van der Waals surface area contributed by atoms with Gasteiger partial charge in [0, 0.05) is 36.9 Å². The smallest absolute Gasteiger partial charge is 0.287 e. The predicted molar refractivity (Wildman–Crippen MR) is 85.3 cm³/mol. The van der Waals surface area contributed by atoms with Gasteiger partial charge in [-0.05, 0) is 19.4 Å². The molecular formula is C17H17FN4O2. The summed E-state index contributed by atoms with van der Waals surface area (Å²) < 4.78 is 21.3. The van der Waals surface area contributed by atoms with Gasteiger partial charge in [-0.1, -0.05) is 12.1 Å². The van der Waals surface area contributed by atoms with Crippen molar-refractivity contribution in [2.75, 3.05) is 6.54 Å². The maximum absolute atomic E-state index is 13.8. The van der Waals surface area contributed by atoms with Crippen molar-refractivity contribution in [2.24, 2.45) is 0 Å². The molecule has 0 atom stereocenters. The average molecular weight is 328 g/mol. The van der Waals surface area contributed by atoms with Crippen molar-refractivity contribution < 1.29 is 13.6 Å². The molecule has 0 radical (unpaired) electrons. The molecule has 7 heteroatoms. The van der Waals surface area contributed by atoms with Crippen molar-refractivity contribution in [3.63, 3.8) is 0 Å². The minimum absolute atomic E-state index is 0.121. The van der Waals surface area contributed by atoms with Gasteiger partial charge in [-0.25, -0.2) is 4.39 Å². The molecule has 6 nitrogen and oxygen atoms in total. The number of carbonyl (C=O) groups is 1. The quantitative estimate of drug-likeness (QED) is 0.798. The Morgan fingerprint density at radius 1 is 1.42 bits per heavy atom. The van der Waals surface area contributed by atoms with Gasteiger partial charge in [-0.15, -0.1) is 10.2 Å². The number of carbonyl (C=O) groups excluding carboxylic acids is 1. The van der Waals surface area contributed by atoms with Crippen LogP contribution in [0.1, 0.15) is 34.2 Å². The van der Waals surface area contributed by atoms with Gasteiger partial charge in [0.25, 0.3) is 5.91 Å². The summed E-state index contributed by atoms with van der Waals surface area (Å²) >= 11 is 0. The lowest BCUT2D eigenvalue weighted by Crippen LogP contribution is -2.26. The summed E-state index contributed by atoms with van der Waals surface area (Å²) in [6.45, 7) is 3.12. The number of nitrogens with zero attached hydrogens (tertiary/aromatic N) is 3. The van der Waals surface area contributed by atoms with E-state index >= 15 is 0 Å². The second-order valence-corrected chi connectivity index (χ2v) is 5.97. The van der Waals surface area contributed by atoms with E-state index in [0.29, 0.717) is 23.9 Å². The van der Waals surface area contributed by atoms with Crippen molar-refractivity contribution in [3.05, 3.63) is 47.0 Å². The minimum Gasteiger partial charge on any atom is -0.448 e. The standard InChI is InChI=1S/C17H17FN4O2/c1-10-11-4-2-5-12(18)16(11)24-15(10)17(23)19-8-7-14-21-20-13-6-3-9-22(13)14/h2,4-5H,3,6-9H2,1H3,(H,19,23). The van der Waals surface area contributed by atoms with Gasteiger partial charge in [0.1, 0.15) is 11.6 Å². The topological polar surface area (TPSA) is 73.0 Å². The number of aromatic nitrogens is 3. The Balaban J connectivity index is 1.46. The third kappa shape index (κ3) is 2.36. The van der Waals surface area contributed by atoms with Gasteiger partial charge in [-0.3, -0.25) is 4.79 Å². The van der Waals surface area contributed by atoms with E-state index in [1.807, 2.05) is 0 Å². The monoisotopic (exact) mass is 328 g/mol. The fraction of sp³-hybridized carbons (Fsp3) is 0.353. The van der Waals surface area contributed by atoms with Gasteiger partial charge in [-0.2, -0.15) is 0 Å². The number of halogens is 1. The first-order valence-electron chi connectivity index (χ1n) is 8.02. The highest BCUT2D eigenvalue weighted by atomic mass is 19.1. The predicted octanol–water partition coefficient (Wildman–Crippen LogP) is 2.39. The van der Waals surface area contributed by atoms with Crippen LogP contribution in [-0.4, -0.2) is 27.2 Å². The van der Waals surface area contributed by atoms with Crippen LogP contribution in [-0.2, 0) is 19.4 Å². The molecule has 1 aromatic carbocycles. The number of aryl methyl sites for hydroxylation is 2. The summed E-state index contributed by atoms with van der Waals surface area (Å²) in [7, 11) is 0. The molecule has 0 bridgehead atoms. The summed E-state index contributed by atoms with van der Waals surface area (Å²) in [6, 6.07) is 4.67. The number of nitrogens with one attached hydrogen (secondary N) is 1. The molecule has 1 N–H and O–H groups in total. The van der Waals surface area contributed by atoms with E-state index in [4.69, 9.17) is 4.42 Å². The number of hydrogen-bond acceptors (Lipinski definition) is 4. The zero-order valence-corrected chi connectivity index (χ0v) is 13.3. The Labute approximate surface area is 137 Å². The minimum atomic E-state index is -0.464. The SMILES string of the molecule is Cc1c(C(=O)NCCc2nnc3n2CCC3)oc2c(F)cccc12. The summed E-state index contributed by atoms with van der Waals surface area (Å²) in [5.74, 6) is 1.25. The van der Waals surface area contributed by atoms with Crippen LogP contribution in [0.4, 0.5) is 4.39 Å². The van der Waals surface area contributed by atoms with Crippen LogP contribution in [0.5, 0.6) is 0 Å². The number of furan rings is 1. The maximum atomic E-state index is 13.8. The molecule has 1 aliphatic heterocycles. The van der Waals surface area contributed by atoms with Gasteiger partial charge in [0.05, 0.1) is 0 Å². The van der Waals surface area contributed by atoms with Crippen molar-refractivity contribution >= 4 is 16.9 Å². The van der Waals surface area contributed by atoms with Crippen molar-refractivity contribution in [1.82, 2.24) is 20.1 Å². The van der Waals surface area contributed by atoms with Gasteiger partial charge >= 0.3 is 0 Å². The zero-order chi connectivity index (χ0) is 16.7. The fourth-order valence-electron chi connectivity index (χ4n) is 3.19. The molecule has 1 aliphatic rings. The molecular weight excluding hydrogens is 311 g/mol.